The molecule has 0 radical (unpaired) electrons. The van der Waals surface area contributed by atoms with E-state index in [9.17, 15) is 9.59 Å². The maximum absolute atomic E-state index is 12.4. The Morgan fingerprint density at radius 1 is 1.14 bits per heavy atom. The maximum atomic E-state index is 12.4. The fourth-order valence-corrected chi connectivity index (χ4v) is 3.61. The van der Waals surface area contributed by atoms with Crippen LogP contribution in [0.15, 0.2) is 0 Å². The van der Waals surface area contributed by atoms with Crippen LogP contribution in [0.4, 0.5) is 0 Å². The monoisotopic (exact) mass is 296 g/mol. The van der Waals surface area contributed by atoms with Gasteiger partial charge in [-0.15, -0.1) is 0 Å². The van der Waals surface area contributed by atoms with Crippen molar-refractivity contribution in [1.82, 2.24) is 9.80 Å². The third kappa shape index (κ3) is 4.99. The number of likely N-dealkylation sites (tertiary alicyclic amines) is 2. The van der Waals surface area contributed by atoms with Crippen LogP contribution in [0.1, 0.15) is 51.9 Å². The largest absolute Gasteiger partial charge is 0.481 e. The second-order valence-corrected chi connectivity index (χ2v) is 6.61. The van der Waals surface area contributed by atoms with Gasteiger partial charge in [0.2, 0.25) is 5.91 Å². The quantitative estimate of drug-likeness (QED) is 0.842. The number of hydrogen-bond donors (Lipinski definition) is 1. The van der Waals surface area contributed by atoms with Crippen molar-refractivity contribution in [3.8, 4) is 0 Å². The lowest BCUT2D eigenvalue weighted by Gasteiger charge is -2.37. The van der Waals surface area contributed by atoms with Gasteiger partial charge in [-0.1, -0.05) is 0 Å². The summed E-state index contributed by atoms with van der Waals surface area (Å²) in [4.78, 5) is 27.4. The third-order valence-corrected chi connectivity index (χ3v) is 4.85. The van der Waals surface area contributed by atoms with E-state index in [4.69, 9.17) is 5.11 Å². The molecule has 2 unspecified atom stereocenters. The Morgan fingerprint density at radius 2 is 1.95 bits per heavy atom. The van der Waals surface area contributed by atoms with Gasteiger partial charge in [-0.3, -0.25) is 14.5 Å². The smallest absolute Gasteiger partial charge is 0.303 e. The summed E-state index contributed by atoms with van der Waals surface area (Å²) in [6.07, 6.45) is 6.62. The van der Waals surface area contributed by atoms with Crippen LogP contribution < -0.4 is 0 Å². The minimum atomic E-state index is -0.717. The van der Waals surface area contributed by atoms with Crippen molar-refractivity contribution in [2.24, 2.45) is 5.92 Å². The zero-order valence-electron chi connectivity index (χ0n) is 13.1. The lowest BCUT2D eigenvalue weighted by atomic mass is 9.93. The number of aliphatic carboxylic acids is 1. The molecule has 2 aliphatic heterocycles. The number of carbonyl (C=O) groups is 2. The maximum Gasteiger partial charge on any atom is 0.303 e. The van der Waals surface area contributed by atoms with Crippen molar-refractivity contribution in [3.05, 3.63) is 0 Å². The average Bonchev–Trinajstić information content (AvgIpc) is 2.46. The van der Waals surface area contributed by atoms with Crippen molar-refractivity contribution in [2.75, 3.05) is 26.2 Å². The van der Waals surface area contributed by atoms with Gasteiger partial charge >= 0.3 is 5.97 Å². The Bertz CT molecular complexity index is 373. The molecule has 5 nitrogen and oxygen atoms in total. The van der Waals surface area contributed by atoms with Crippen molar-refractivity contribution in [3.63, 3.8) is 0 Å². The Balaban J connectivity index is 1.78. The number of hydrogen-bond acceptors (Lipinski definition) is 3. The zero-order valence-corrected chi connectivity index (χ0v) is 13.1. The Labute approximate surface area is 127 Å². The van der Waals surface area contributed by atoms with Crippen LogP contribution in [-0.4, -0.2) is 59.0 Å². The van der Waals surface area contributed by atoms with E-state index in [0.29, 0.717) is 18.5 Å². The van der Waals surface area contributed by atoms with E-state index in [0.717, 1.165) is 51.7 Å². The molecule has 2 rings (SSSR count). The first-order valence-electron chi connectivity index (χ1n) is 8.30. The van der Waals surface area contributed by atoms with Crippen LogP contribution >= 0.6 is 0 Å². The lowest BCUT2D eigenvalue weighted by molar-refractivity contribution is -0.138. The van der Waals surface area contributed by atoms with Gasteiger partial charge < -0.3 is 10.0 Å². The minimum Gasteiger partial charge on any atom is -0.481 e. The molecule has 21 heavy (non-hydrogen) atoms. The number of carbonyl (C=O) groups excluding carboxylic acids is 1. The average molecular weight is 296 g/mol. The van der Waals surface area contributed by atoms with Crippen LogP contribution in [0.25, 0.3) is 0 Å². The first-order chi connectivity index (χ1) is 10.1. The van der Waals surface area contributed by atoms with Crippen molar-refractivity contribution in [2.45, 2.75) is 57.9 Å². The van der Waals surface area contributed by atoms with E-state index in [2.05, 4.69) is 11.8 Å². The molecule has 0 aliphatic carbocycles. The molecule has 0 aromatic carbocycles. The molecule has 0 saturated carbocycles. The van der Waals surface area contributed by atoms with E-state index in [1.54, 1.807) is 0 Å². The molecule has 0 aromatic rings. The van der Waals surface area contributed by atoms with Crippen molar-refractivity contribution < 1.29 is 14.7 Å². The molecule has 0 aromatic heterocycles. The summed E-state index contributed by atoms with van der Waals surface area (Å²) in [6, 6.07) is 0.374. The van der Waals surface area contributed by atoms with Gasteiger partial charge in [0, 0.05) is 25.6 Å². The highest BCUT2D eigenvalue weighted by Crippen LogP contribution is 2.22. The molecule has 120 valence electrons. The summed E-state index contributed by atoms with van der Waals surface area (Å²) in [7, 11) is 0. The highest BCUT2D eigenvalue weighted by atomic mass is 16.4. The van der Waals surface area contributed by atoms with Gasteiger partial charge in [0.25, 0.3) is 0 Å². The van der Waals surface area contributed by atoms with Crippen LogP contribution in [0.2, 0.25) is 0 Å². The molecule has 0 spiro atoms. The van der Waals surface area contributed by atoms with E-state index in [1.807, 2.05) is 4.90 Å². The number of rotatable bonds is 5. The number of piperidine rings is 2. The summed E-state index contributed by atoms with van der Waals surface area (Å²) in [5, 5.41) is 8.78. The Hall–Kier alpha value is -1.10. The Kier molecular flexibility index (Phi) is 6.03. The van der Waals surface area contributed by atoms with Crippen LogP contribution in [0, 0.1) is 5.92 Å². The molecule has 2 atom stereocenters. The normalized spacial score (nSPS) is 27.6. The summed E-state index contributed by atoms with van der Waals surface area (Å²) >= 11 is 0. The number of carboxylic acids is 1. The highest BCUT2D eigenvalue weighted by Gasteiger charge is 2.27. The van der Waals surface area contributed by atoms with Gasteiger partial charge in [-0.05, 0) is 57.9 Å². The Morgan fingerprint density at radius 3 is 2.67 bits per heavy atom. The van der Waals surface area contributed by atoms with Crippen molar-refractivity contribution in [1.29, 1.82) is 0 Å². The first-order valence-corrected chi connectivity index (χ1v) is 8.30. The fraction of sp³-hybridized carbons (Fsp3) is 0.875. The second-order valence-electron chi connectivity index (χ2n) is 6.61. The third-order valence-electron chi connectivity index (χ3n) is 4.85. The molecule has 2 fully saturated rings. The topological polar surface area (TPSA) is 60.9 Å². The van der Waals surface area contributed by atoms with Gasteiger partial charge in [0.05, 0.1) is 6.54 Å². The summed E-state index contributed by atoms with van der Waals surface area (Å²) in [5.74, 6) is -0.0344. The van der Waals surface area contributed by atoms with Crippen LogP contribution in [0.3, 0.4) is 0 Å². The number of nitrogens with zero attached hydrogens (tertiary/aromatic N) is 2. The predicted molar refractivity (Wildman–Crippen MR) is 81.1 cm³/mol. The molecular weight excluding hydrogens is 268 g/mol. The van der Waals surface area contributed by atoms with Crippen LogP contribution in [-0.2, 0) is 9.59 Å². The summed E-state index contributed by atoms with van der Waals surface area (Å²) < 4.78 is 0. The molecule has 1 amide bonds. The van der Waals surface area contributed by atoms with Gasteiger partial charge in [0.1, 0.15) is 0 Å². The fourth-order valence-electron chi connectivity index (χ4n) is 3.61. The highest BCUT2D eigenvalue weighted by molar-refractivity contribution is 5.78. The standard InChI is InChI=1S/C16H28N2O3/c1-13-5-2-3-10-18(13)15(19)12-17-9-4-6-14(11-17)7-8-16(20)21/h13-14H,2-12H2,1H3,(H,20,21). The van der Waals surface area contributed by atoms with Crippen molar-refractivity contribution >= 4 is 11.9 Å². The number of amides is 1. The van der Waals surface area contributed by atoms with E-state index in [1.165, 1.54) is 6.42 Å². The predicted octanol–water partition coefficient (Wildman–Crippen LogP) is 1.96. The van der Waals surface area contributed by atoms with Gasteiger partial charge in [-0.25, -0.2) is 0 Å². The molecule has 0 bridgehead atoms. The molecule has 2 saturated heterocycles. The zero-order chi connectivity index (χ0) is 15.2. The van der Waals surface area contributed by atoms with Gasteiger partial charge in [0.15, 0.2) is 0 Å². The number of carboxylic acid groups (broad SMARTS) is 1. The van der Waals surface area contributed by atoms with E-state index in [-0.39, 0.29) is 12.3 Å². The molecule has 1 N–H and O–H groups in total. The van der Waals surface area contributed by atoms with Crippen LogP contribution in [0.5, 0.6) is 0 Å². The summed E-state index contributed by atoms with van der Waals surface area (Å²) in [5.41, 5.74) is 0. The second kappa shape index (κ2) is 7.78. The minimum absolute atomic E-state index is 0.246. The molecule has 5 heteroatoms. The molecule has 2 aliphatic rings. The SMILES string of the molecule is CC1CCCCN1C(=O)CN1CCCC(CCC(=O)O)C1. The molecular formula is C16H28N2O3. The lowest BCUT2D eigenvalue weighted by Crippen LogP contribution is -2.48. The molecule has 2 heterocycles. The van der Waals surface area contributed by atoms with E-state index >= 15 is 0 Å². The first kappa shape index (κ1) is 16.3. The van der Waals surface area contributed by atoms with E-state index < -0.39 is 5.97 Å². The van der Waals surface area contributed by atoms with Gasteiger partial charge in [-0.2, -0.15) is 0 Å². The summed E-state index contributed by atoms with van der Waals surface area (Å²) in [6.45, 7) is 5.39.